The van der Waals surface area contributed by atoms with Crippen LogP contribution in [0.2, 0.25) is 0 Å². The van der Waals surface area contributed by atoms with Crippen LogP contribution >= 0.6 is 0 Å². The summed E-state index contributed by atoms with van der Waals surface area (Å²) in [6.07, 6.45) is 1.11. The zero-order valence-electron chi connectivity index (χ0n) is 9.49. The predicted molar refractivity (Wildman–Crippen MR) is 61.7 cm³/mol. The van der Waals surface area contributed by atoms with Crippen molar-refractivity contribution in [2.45, 2.75) is 38.5 Å². The Balaban J connectivity index is 1.89. The summed E-state index contributed by atoms with van der Waals surface area (Å²) in [5.41, 5.74) is 1.31. The van der Waals surface area contributed by atoms with Crippen molar-refractivity contribution in [1.82, 2.24) is 5.32 Å². The number of hydrogen-bond acceptors (Lipinski definition) is 2. The minimum atomic E-state index is -0.0191. The molecule has 0 aromatic heterocycles. The molecule has 82 valence electrons. The van der Waals surface area contributed by atoms with E-state index in [0.717, 1.165) is 19.6 Å². The van der Waals surface area contributed by atoms with Crippen molar-refractivity contribution in [2.24, 2.45) is 0 Å². The first kappa shape index (κ1) is 10.7. The first-order chi connectivity index (χ1) is 7.18. The molecular weight excluding hydrogens is 186 g/mol. The standard InChI is InChI=1S/C13H19NO/c1-13(2)12(8-9-15-13)14-10-11-6-4-3-5-7-11/h3-7,12,14H,8-10H2,1-2H3. The highest BCUT2D eigenvalue weighted by molar-refractivity contribution is 5.14. The minimum Gasteiger partial charge on any atom is -0.374 e. The number of benzene rings is 1. The zero-order chi connectivity index (χ0) is 10.7. The number of hydrogen-bond donors (Lipinski definition) is 1. The summed E-state index contributed by atoms with van der Waals surface area (Å²) in [6.45, 7) is 6.11. The predicted octanol–water partition coefficient (Wildman–Crippen LogP) is 2.34. The summed E-state index contributed by atoms with van der Waals surface area (Å²) >= 11 is 0. The number of nitrogens with one attached hydrogen (secondary N) is 1. The fourth-order valence-electron chi connectivity index (χ4n) is 2.07. The Morgan fingerprint density at radius 3 is 2.67 bits per heavy atom. The first-order valence-corrected chi connectivity index (χ1v) is 5.60. The van der Waals surface area contributed by atoms with Crippen LogP contribution in [0.4, 0.5) is 0 Å². The number of ether oxygens (including phenoxy) is 1. The second-order valence-electron chi connectivity index (χ2n) is 4.66. The molecule has 0 aliphatic carbocycles. The van der Waals surface area contributed by atoms with Crippen LogP contribution in [0.15, 0.2) is 30.3 Å². The lowest BCUT2D eigenvalue weighted by Crippen LogP contribution is -2.42. The van der Waals surface area contributed by atoms with Gasteiger partial charge in [-0.15, -0.1) is 0 Å². The van der Waals surface area contributed by atoms with Crippen molar-refractivity contribution in [3.8, 4) is 0 Å². The Bertz CT molecular complexity index is 308. The maximum atomic E-state index is 5.68. The Kier molecular flexibility index (Phi) is 3.08. The molecule has 2 nitrogen and oxygen atoms in total. The van der Waals surface area contributed by atoms with Crippen molar-refractivity contribution in [1.29, 1.82) is 0 Å². The fraction of sp³-hybridized carbons (Fsp3) is 0.538. The summed E-state index contributed by atoms with van der Waals surface area (Å²) in [4.78, 5) is 0. The molecule has 1 heterocycles. The molecule has 1 aliphatic rings. The van der Waals surface area contributed by atoms with E-state index >= 15 is 0 Å². The van der Waals surface area contributed by atoms with Crippen LogP contribution < -0.4 is 5.32 Å². The maximum absolute atomic E-state index is 5.68. The zero-order valence-corrected chi connectivity index (χ0v) is 9.49. The van der Waals surface area contributed by atoms with Gasteiger partial charge in [0.1, 0.15) is 0 Å². The summed E-state index contributed by atoms with van der Waals surface area (Å²) in [6, 6.07) is 11.0. The average Bonchev–Trinajstić information content (AvgIpc) is 2.56. The highest BCUT2D eigenvalue weighted by atomic mass is 16.5. The van der Waals surface area contributed by atoms with E-state index in [9.17, 15) is 0 Å². The van der Waals surface area contributed by atoms with Gasteiger partial charge in [-0.05, 0) is 25.8 Å². The van der Waals surface area contributed by atoms with Crippen LogP contribution in [0.3, 0.4) is 0 Å². The van der Waals surface area contributed by atoms with Gasteiger partial charge in [-0.1, -0.05) is 30.3 Å². The smallest absolute Gasteiger partial charge is 0.0779 e. The van der Waals surface area contributed by atoms with Gasteiger partial charge in [0, 0.05) is 19.2 Å². The highest BCUT2D eigenvalue weighted by Gasteiger charge is 2.34. The molecule has 15 heavy (non-hydrogen) atoms. The van der Waals surface area contributed by atoms with Gasteiger partial charge in [-0.2, -0.15) is 0 Å². The van der Waals surface area contributed by atoms with Crippen LogP contribution in [-0.2, 0) is 11.3 Å². The molecule has 2 heteroatoms. The van der Waals surface area contributed by atoms with E-state index in [-0.39, 0.29) is 5.60 Å². The molecule has 1 aliphatic heterocycles. The van der Waals surface area contributed by atoms with Gasteiger partial charge in [-0.3, -0.25) is 0 Å². The molecule has 1 aromatic carbocycles. The molecule has 0 saturated carbocycles. The summed E-state index contributed by atoms with van der Waals surface area (Å²) in [5.74, 6) is 0. The van der Waals surface area contributed by atoms with Crippen molar-refractivity contribution in [3.63, 3.8) is 0 Å². The second-order valence-corrected chi connectivity index (χ2v) is 4.66. The van der Waals surface area contributed by atoms with Gasteiger partial charge in [0.05, 0.1) is 5.60 Å². The third kappa shape index (κ3) is 2.58. The molecule has 0 spiro atoms. The maximum Gasteiger partial charge on any atom is 0.0779 e. The van der Waals surface area contributed by atoms with E-state index in [2.05, 4.69) is 43.4 Å². The SMILES string of the molecule is CC1(C)OCCC1NCc1ccccc1. The summed E-state index contributed by atoms with van der Waals surface area (Å²) in [7, 11) is 0. The van der Waals surface area contributed by atoms with Crippen LogP contribution in [-0.4, -0.2) is 18.2 Å². The molecule has 1 aromatic rings. The fourth-order valence-corrected chi connectivity index (χ4v) is 2.07. The molecule has 0 amide bonds. The normalized spacial score (nSPS) is 24.3. The molecule has 1 saturated heterocycles. The largest absolute Gasteiger partial charge is 0.374 e. The third-order valence-electron chi connectivity index (χ3n) is 3.12. The monoisotopic (exact) mass is 205 g/mol. The average molecular weight is 205 g/mol. The third-order valence-corrected chi connectivity index (χ3v) is 3.12. The number of rotatable bonds is 3. The van der Waals surface area contributed by atoms with Crippen LogP contribution in [0.1, 0.15) is 25.8 Å². The summed E-state index contributed by atoms with van der Waals surface area (Å²) in [5, 5.41) is 3.56. The van der Waals surface area contributed by atoms with Crippen LogP contribution in [0, 0.1) is 0 Å². The van der Waals surface area contributed by atoms with E-state index in [1.165, 1.54) is 5.56 Å². The van der Waals surface area contributed by atoms with Gasteiger partial charge in [-0.25, -0.2) is 0 Å². The first-order valence-electron chi connectivity index (χ1n) is 5.60. The van der Waals surface area contributed by atoms with E-state index in [0.29, 0.717) is 6.04 Å². The van der Waals surface area contributed by atoms with Crippen molar-refractivity contribution < 1.29 is 4.74 Å². The van der Waals surface area contributed by atoms with Crippen LogP contribution in [0.5, 0.6) is 0 Å². The molecule has 1 unspecified atom stereocenters. The molecule has 2 rings (SSSR count). The molecule has 1 N–H and O–H groups in total. The highest BCUT2D eigenvalue weighted by Crippen LogP contribution is 2.25. The topological polar surface area (TPSA) is 21.3 Å². The lowest BCUT2D eigenvalue weighted by molar-refractivity contribution is 0.0214. The quantitative estimate of drug-likeness (QED) is 0.818. The van der Waals surface area contributed by atoms with Gasteiger partial charge in [0.2, 0.25) is 0 Å². The van der Waals surface area contributed by atoms with E-state index in [1.807, 2.05) is 6.07 Å². The second kappa shape index (κ2) is 4.33. The van der Waals surface area contributed by atoms with Gasteiger partial charge >= 0.3 is 0 Å². The lowest BCUT2D eigenvalue weighted by Gasteiger charge is -2.26. The van der Waals surface area contributed by atoms with Gasteiger partial charge < -0.3 is 10.1 Å². The summed E-state index contributed by atoms with van der Waals surface area (Å²) < 4.78 is 5.68. The lowest BCUT2D eigenvalue weighted by atomic mass is 9.99. The molecule has 0 bridgehead atoms. The molecular formula is C13H19NO. The Morgan fingerprint density at radius 2 is 2.07 bits per heavy atom. The Morgan fingerprint density at radius 1 is 1.33 bits per heavy atom. The van der Waals surface area contributed by atoms with E-state index < -0.39 is 0 Å². The van der Waals surface area contributed by atoms with E-state index in [4.69, 9.17) is 4.74 Å². The van der Waals surface area contributed by atoms with Crippen molar-refractivity contribution in [2.75, 3.05) is 6.61 Å². The van der Waals surface area contributed by atoms with Crippen molar-refractivity contribution in [3.05, 3.63) is 35.9 Å². The van der Waals surface area contributed by atoms with Gasteiger partial charge in [0.15, 0.2) is 0 Å². The van der Waals surface area contributed by atoms with E-state index in [1.54, 1.807) is 0 Å². The van der Waals surface area contributed by atoms with Crippen LogP contribution in [0.25, 0.3) is 0 Å². The Labute approximate surface area is 91.6 Å². The Hall–Kier alpha value is -0.860. The molecule has 1 atom stereocenters. The molecule has 1 fully saturated rings. The van der Waals surface area contributed by atoms with Gasteiger partial charge in [0.25, 0.3) is 0 Å². The van der Waals surface area contributed by atoms with Crippen molar-refractivity contribution >= 4 is 0 Å². The minimum absolute atomic E-state index is 0.0191. The molecule has 0 radical (unpaired) electrons.